The topological polar surface area (TPSA) is 64.1 Å². The van der Waals surface area contributed by atoms with Gasteiger partial charge in [0, 0.05) is 34.6 Å². The number of carbonyl (C=O) groups is 1. The molecule has 0 bridgehead atoms. The van der Waals surface area contributed by atoms with E-state index in [1.165, 1.54) is 0 Å². The Bertz CT molecular complexity index is 1150. The van der Waals surface area contributed by atoms with Crippen LogP contribution in [0.25, 0.3) is 21.8 Å². The molecule has 0 saturated carbocycles. The number of amides is 1. The Balaban J connectivity index is 1.42. The van der Waals surface area contributed by atoms with Crippen molar-refractivity contribution < 1.29 is 9.53 Å². The Labute approximate surface area is 179 Å². The molecule has 2 aromatic carbocycles. The molecule has 0 aliphatic heterocycles. The third-order valence-corrected chi connectivity index (χ3v) is 5.33. The van der Waals surface area contributed by atoms with Crippen LogP contribution in [-0.2, 0) is 4.79 Å². The monoisotopic (exact) mass is 415 g/mol. The zero-order valence-electron chi connectivity index (χ0n) is 16.8. The quantitative estimate of drug-likeness (QED) is 0.451. The fourth-order valence-electron chi connectivity index (χ4n) is 3.15. The highest BCUT2D eigenvalue weighted by Crippen LogP contribution is 2.29. The van der Waals surface area contributed by atoms with Crippen LogP contribution >= 0.6 is 11.3 Å². The Morgan fingerprint density at radius 3 is 2.53 bits per heavy atom. The van der Waals surface area contributed by atoms with E-state index in [0.29, 0.717) is 11.4 Å². The molecule has 5 nitrogen and oxygen atoms in total. The number of carbonyl (C=O) groups excluding carboxylic acids is 1. The number of aromatic nitrogens is 2. The number of pyridine rings is 1. The lowest BCUT2D eigenvalue weighted by molar-refractivity contribution is -0.118. The van der Waals surface area contributed by atoms with Gasteiger partial charge in [-0.15, -0.1) is 11.3 Å². The zero-order valence-corrected chi connectivity index (χ0v) is 17.6. The Kier molecular flexibility index (Phi) is 5.86. The number of hydrogen-bond acceptors (Lipinski definition) is 5. The van der Waals surface area contributed by atoms with Crippen LogP contribution in [0.1, 0.15) is 11.1 Å². The zero-order chi connectivity index (χ0) is 20.9. The van der Waals surface area contributed by atoms with Crippen LogP contribution in [0.15, 0.2) is 72.4 Å². The van der Waals surface area contributed by atoms with Gasteiger partial charge in [-0.3, -0.25) is 9.78 Å². The molecule has 0 radical (unpaired) electrons. The summed E-state index contributed by atoms with van der Waals surface area (Å²) in [4.78, 5) is 21.1. The molecule has 2 heterocycles. The van der Waals surface area contributed by atoms with Gasteiger partial charge in [0.25, 0.3) is 5.91 Å². The first-order valence-electron chi connectivity index (χ1n) is 9.54. The second-order valence-corrected chi connectivity index (χ2v) is 7.87. The third kappa shape index (κ3) is 4.90. The highest BCUT2D eigenvalue weighted by molar-refractivity contribution is 7.13. The van der Waals surface area contributed by atoms with Crippen molar-refractivity contribution in [2.24, 2.45) is 0 Å². The average molecular weight is 416 g/mol. The van der Waals surface area contributed by atoms with Crippen molar-refractivity contribution in [1.29, 1.82) is 0 Å². The number of anilines is 1. The van der Waals surface area contributed by atoms with Crippen LogP contribution in [0.4, 0.5) is 5.69 Å². The van der Waals surface area contributed by atoms with Crippen molar-refractivity contribution in [2.75, 3.05) is 11.9 Å². The van der Waals surface area contributed by atoms with Crippen LogP contribution < -0.4 is 10.1 Å². The maximum atomic E-state index is 12.3. The molecule has 0 aliphatic rings. The van der Waals surface area contributed by atoms with Gasteiger partial charge in [0.15, 0.2) is 6.61 Å². The molecule has 0 fully saturated rings. The lowest BCUT2D eigenvalue weighted by Gasteiger charge is -2.09. The average Bonchev–Trinajstić information content (AvgIpc) is 3.23. The Hall–Kier alpha value is -3.51. The predicted octanol–water partition coefficient (Wildman–Crippen LogP) is 5.51. The minimum atomic E-state index is -0.206. The van der Waals surface area contributed by atoms with Crippen molar-refractivity contribution in [2.45, 2.75) is 13.8 Å². The molecule has 0 saturated heterocycles. The van der Waals surface area contributed by atoms with E-state index in [-0.39, 0.29) is 12.5 Å². The van der Waals surface area contributed by atoms with Crippen LogP contribution in [0, 0.1) is 13.8 Å². The highest BCUT2D eigenvalue weighted by Gasteiger charge is 2.09. The van der Waals surface area contributed by atoms with Crippen LogP contribution in [0.2, 0.25) is 0 Å². The summed E-state index contributed by atoms with van der Waals surface area (Å²) in [5.74, 6) is 0.490. The summed E-state index contributed by atoms with van der Waals surface area (Å²) < 4.78 is 5.64. The maximum absolute atomic E-state index is 12.3. The molecule has 4 rings (SSSR count). The summed E-state index contributed by atoms with van der Waals surface area (Å²) in [5.41, 5.74) is 5.77. The first-order valence-corrected chi connectivity index (χ1v) is 10.4. The number of rotatable bonds is 6. The summed E-state index contributed by atoms with van der Waals surface area (Å²) in [6, 6.07) is 17.4. The normalized spacial score (nSPS) is 10.6. The van der Waals surface area contributed by atoms with Gasteiger partial charge < -0.3 is 10.1 Å². The first-order chi connectivity index (χ1) is 14.6. The van der Waals surface area contributed by atoms with Gasteiger partial charge in [-0.1, -0.05) is 18.2 Å². The number of hydrogen-bond donors (Lipinski definition) is 1. The van der Waals surface area contributed by atoms with Crippen molar-refractivity contribution in [1.82, 2.24) is 9.97 Å². The second kappa shape index (κ2) is 8.88. The van der Waals surface area contributed by atoms with Gasteiger partial charge >= 0.3 is 0 Å². The molecule has 0 aliphatic carbocycles. The molecule has 2 aromatic heterocycles. The molecule has 1 amide bonds. The highest BCUT2D eigenvalue weighted by atomic mass is 32.1. The van der Waals surface area contributed by atoms with Gasteiger partial charge in [0.1, 0.15) is 10.8 Å². The smallest absolute Gasteiger partial charge is 0.262 e. The van der Waals surface area contributed by atoms with E-state index in [4.69, 9.17) is 9.72 Å². The standard InChI is InChI=1S/C24H21N3O2S/c1-16-10-17(2)12-21(11-16)29-14-23(28)26-20-5-3-4-19(13-20)22-15-30-24(27-22)18-6-8-25-9-7-18/h3-13,15H,14H2,1-2H3,(H,26,28). The van der Waals surface area contributed by atoms with E-state index in [2.05, 4.69) is 16.4 Å². The van der Waals surface area contributed by atoms with E-state index >= 15 is 0 Å². The molecule has 0 atom stereocenters. The molecule has 30 heavy (non-hydrogen) atoms. The number of nitrogens with zero attached hydrogens (tertiary/aromatic N) is 2. The van der Waals surface area contributed by atoms with Gasteiger partial charge in [-0.05, 0) is 61.4 Å². The SMILES string of the molecule is Cc1cc(C)cc(OCC(=O)Nc2cccc(-c3csc(-c4ccncc4)n3)c2)c1. The molecule has 4 aromatic rings. The summed E-state index contributed by atoms with van der Waals surface area (Å²) in [6.45, 7) is 3.96. The largest absolute Gasteiger partial charge is 0.484 e. The van der Waals surface area contributed by atoms with Crippen molar-refractivity contribution in [3.8, 4) is 27.6 Å². The van der Waals surface area contributed by atoms with Crippen LogP contribution in [0.5, 0.6) is 5.75 Å². The molecule has 0 unspecified atom stereocenters. The third-order valence-electron chi connectivity index (χ3n) is 4.44. The van der Waals surface area contributed by atoms with Crippen LogP contribution in [-0.4, -0.2) is 22.5 Å². The van der Waals surface area contributed by atoms with E-state index in [1.54, 1.807) is 23.7 Å². The summed E-state index contributed by atoms with van der Waals surface area (Å²) in [6.07, 6.45) is 3.51. The number of ether oxygens (including phenoxy) is 1. The van der Waals surface area contributed by atoms with E-state index in [0.717, 1.165) is 33.0 Å². The number of benzene rings is 2. The molecular formula is C24H21N3O2S. The number of thiazole rings is 1. The summed E-state index contributed by atoms with van der Waals surface area (Å²) >= 11 is 1.58. The lowest BCUT2D eigenvalue weighted by Crippen LogP contribution is -2.20. The number of nitrogens with one attached hydrogen (secondary N) is 1. The summed E-state index contributed by atoms with van der Waals surface area (Å²) in [5, 5.41) is 5.84. The molecule has 1 N–H and O–H groups in total. The van der Waals surface area contributed by atoms with E-state index in [1.807, 2.05) is 67.8 Å². The van der Waals surface area contributed by atoms with Gasteiger partial charge in [0.05, 0.1) is 5.69 Å². The first kappa shape index (κ1) is 19.8. The van der Waals surface area contributed by atoms with Crippen LogP contribution in [0.3, 0.4) is 0 Å². The fourth-order valence-corrected chi connectivity index (χ4v) is 3.99. The minimum Gasteiger partial charge on any atom is -0.484 e. The second-order valence-electron chi connectivity index (χ2n) is 7.01. The Morgan fingerprint density at radius 1 is 1.00 bits per heavy atom. The van der Waals surface area contributed by atoms with Gasteiger partial charge in [0.2, 0.25) is 0 Å². The van der Waals surface area contributed by atoms with E-state index < -0.39 is 0 Å². The molecule has 150 valence electrons. The minimum absolute atomic E-state index is 0.0456. The number of aryl methyl sites for hydroxylation is 2. The van der Waals surface area contributed by atoms with Crippen molar-refractivity contribution in [3.05, 3.63) is 83.5 Å². The fraction of sp³-hybridized carbons (Fsp3) is 0.125. The molecule has 6 heteroatoms. The maximum Gasteiger partial charge on any atom is 0.262 e. The van der Waals surface area contributed by atoms with E-state index in [9.17, 15) is 4.79 Å². The summed E-state index contributed by atoms with van der Waals surface area (Å²) in [7, 11) is 0. The van der Waals surface area contributed by atoms with Gasteiger partial charge in [-0.25, -0.2) is 4.98 Å². The predicted molar refractivity (Wildman–Crippen MR) is 121 cm³/mol. The van der Waals surface area contributed by atoms with Crippen molar-refractivity contribution >= 4 is 22.9 Å². The van der Waals surface area contributed by atoms with Crippen molar-refractivity contribution in [3.63, 3.8) is 0 Å². The molecule has 0 spiro atoms. The Morgan fingerprint density at radius 2 is 1.77 bits per heavy atom. The lowest BCUT2D eigenvalue weighted by atomic mass is 10.1. The van der Waals surface area contributed by atoms with Gasteiger partial charge in [-0.2, -0.15) is 0 Å². The molecular weight excluding hydrogens is 394 g/mol.